The highest BCUT2D eigenvalue weighted by Crippen LogP contribution is 2.51. The van der Waals surface area contributed by atoms with Crippen molar-refractivity contribution >= 4 is 22.4 Å². The van der Waals surface area contributed by atoms with Gasteiger partial charge in [-0.05, 0) is 68.9 Å². The number of nitrogens with zero attached hydrogens (tertiary/aromatic N) is 1. The first kappa shape index (κ1) is 20.3. The molecule has 0 amide bonds. The molecule has 0 atom stereocenters. The molecular weight excluding hydrogens is 446 g/mol. The minimum Gasteiger partial charge on any atom is -0.308 e. The van der Waals surface area contributed by atoms with Crippen molar-refractivity contribution in [2.45, 2.75) is 6.42 Å². The smallest absolute Gasteiger partial charge is 0.0616 e. The third-order valence-electron chi connectivity index (χ3n) is 7.04. The van der Waals surface area contributed by atoms with Crippen molar-refractivity contribution in [2.24, 2.45) is 0 Å². The van der Waals surface area contributed by atoms with Crippen LogP contribution in [-0.4, -0.2) is 4.57 Å². The van der Waals surface area contributed by atoms with E-state index in [0.29, 0.717) is 0 Å². The number of para-hydroxylation sites is 1. The second-order valence-electron chi connectivity index (χ2n) is 9.13. The van der Waals surface area contributed by atoms with E-state index in [1.54, 1.807) is 0 Å². The van der Waals surface area contributed by atoms with Crippen LogP contribution in [-0.2, 0) is 6.42 Å². The molecule has 0 bridgehead atoms. The van der Waals surface area contributed by atoms with E-state index in [1.165, 1.54) is 61.2 Å². The predicted octanol–water partition coefficient (Wildman–Crippen LogP) is 9.19. The maximum absolute atomic E-state index is 6.38. The van der Waals surface area contributed by atoms with E-state index in [2.05, 4.69) is 120 Å². The topological polar surface area (TPSA) is 4.93 Å². The SMILES string of the molecule is Clc1ccc2cc3c(cc2c1)-c1c(c(-c2ccccc2)n(-c2ccccc2)c1-c1ccccc1)C3. The molecule has 5 aromatic carbocycles. The molecule has 1 nitrogen and oxygen atoms in total. The van der Waals surface area contributed by atoms with E-state index >= 15 is 0 Å². The Kier molecular flexibility index (Phi) is 4.65. The van der Waals surface area contributed by atoms with Crippen LogP contribution in [0.4, 0.5) is 0 Å². The van der Waals surface area contributed by atoms with Crippen LogP contribution in [0.15, 0.2) is 121 Å². The second-order valence-corrected chi connectivity index (χ2v) is 9.57. The van der Waals surface area contributed by atoms with Gasteiger partial charge < -0.3 is 4.57 Å². The van der Waals surface area contributed by atoms with E-state index in [1.807, 2.05) is 6.07 Å². The number of halogens is 1. The van der Waals surface area contributed by atoms with Crippen LogP contribution >= 0.6 is 11.6 Å². The average molecular weight is 468 g/mol. The highest BCUT2D eigenvalue weighted by Gasteiger charge is 2.32. The Morgan fingerprint density at radius 2 is 1.20 bits per heavy atom. The number of hydrogen-bond acceptors (Lipinski definition) is 0. The van der Waals surface area contributed by atoms with Gasteiger partial charge in [-0.25, -0.2) is 0 Å². The van der Waals surface area contributed by atoms with Gasteiger partial charge in [0.2, 0.25) is 0 Å². The van der Waals surface area contributed by atoms with Crippen molar-refractivity contribution in [3.05, 3.63) is 137 Å². The Morgan fingerprint density at radius 1 is 0.571 bits per heavy atom. The predicted molar refractivity (Wildman–Crippen MR) is 147 cm³/mol. The molecule has 0 N–H and O–H groups in total. The summed E-state index contributed by atoms with van der Waals surface area (Å²) in [6, 6.07) is 43.2. The van der Waals surface area contributed by atoms with Gasteiger partial charge in [0, 0.05) is 22.7 Å². The standard InChI is InChI=1S/C33H22ClN/c34-27-17-16-24-18-26-21-30-31(29(26)20-25(24)19-27)33(23-12-6-2-7-13-23)35(28-14-8-3-9-15-28)32(30)22-10-4-1-5-11-22/h1-20H,21H2. The Hall–Kier alpha value is -4.07. The van der Waals surface area contributed by atoms with Gasteiger partial charge >= 0.3 is 0 Å². The third-order valence-corrected chi connectivity index (χ3v) is 7.28. The molecule has 1 heterocycles. The van der Waals surface area contributed by atoms with E-state index in [0.717, 1.165) is 11.4 Å². The minimum atomic E-state index is 0.769. The first-order chi connectivity index (χ1) is 17.3. The Morgan fingerprint density at radius 3 is 1.89 bits per heavy atom. The van der Waals surface area contributed by atoms with Crippen molar-refractivity contribution in [3.8, 4) is 39.3 Å². The van der Waals surface area contributed by atoms with Gasteiger partial charge in [-0.15, -0.1) is 0 Å². The number of hydrogen-bond donors (Lipinski definition) is 0. The van der Waals surface area contributed by atoms with Crippen LogP contribution in [0.1, 0.15) is 11.1 Å². The highest BCUT2D eigenvalue weighted by molar-refractivity contribution is 6.31. The fourth-order valence-electron chi connectivity index (χ4n) is 5.57. The molecule has 0 spiro atoms. The van der Waals surface area contributed by atoms with E-state index in [9.17, 15) is 0 Å². The van der Waals surface area contributed by atoms with Gasteiger partial charge in [-0.3, -0.25) is 0 Å². The lowest BCUT2D eigenvalue weighted by Crippen LogP contribution is -2.01. The maximum atomic E-state index is 6.38. The zero-order chi connectivity index (χ0) is 23.4. The van der Waals surface area contributed by atoms with Gasteiger partial charge in [0.05, 0.1) is 11.4 Å². The summed E-state index contributed by atoms with van der Waals surface area (Å²) in [5, 5.41) is 3.18. The molecule has 0 fully saturated rings. The van der Waals surface area contributed by atoms with Crippen molar-refractivity contribution in [2.75, 3.05) is 0 Å². The second kappa shape index (κ2) is 8.01. The fraction of sp³-hybridized carbons (Fsp3) is 0.0303. The molecule has 2 heteroatoms. The fourth-order valence-corrected chi connectivity index (χ4v) is 5.75. The lowest BCUT2D eigenvalue weighted by molar-refractivity contribution is 1.08. The molecule has 7 rings (SSSR count). The number of rotatable bonds is 3. The van der Waals surface area contributed by atoms with Gasteiger partial charge in [-0.1, -0.05) is 103 Å². The molecule has 166 valence electrons. The quantitative estimate of drug-likeness (QED) is 0.244. The van der Waals surface area contributed by atoms with Gasteiger partial charge in [0.15, 0.2) is 0 Å². The van der Waals surface area contributed by atoms with Crippen LogP contribution in [0.2, 0.25) is 5.02 Å². The summed E-state index contributed by atoms with van der Waals surface area (Å²) in [6.45, 7) is 0. The van der Waals surface area contributed by atoms with Crippen molar-refractivity contribution in [1.82, 2.24) is 4.57 Å². The Balaban J connectivity index is 1.63. The van der Waals surface area contributed by atoms with Crippen molar-refractivity contribution < 1.29 is 0 Å². The number of benzene rings is 5. The first-order valence-corrected chi connectivity index (χ1v) is 12.3. The molecule has 0 aliphatic heterocycles. The zero-order valence-corrected chi connectivity index (χ0v) is 19.8. The van der Waals surface area contributed by atoms with E-state index < -0.39 is 0 Å². The molecule has 1 aliphatic rings. The summed E-state index contributed by atoms with van der Waals surface area (Å²) >= 11 is 6.38. The summed E-state index contributed by atoms with van der Waals surface area (Å²) in [5.41, 5.74) is 11.5. The van der Waals surface area contributed by atoms with Gasteiger partial charge in [0.1, 0.15) is 0 Å². The molecule has 0 unspecified atom stereocenters. The Bertz CT molecular complexity index is 1700. The largest absolute Gasteiger partial charge is 0.308 e. The van der Waals surface area contributed by atoms with Crippen LogP contribution in [0, 0.1) is 0 Å². The molecule has 1 aliphatic carbocycles. The highest BCUT2D eigenvalue weighted by atomic mass is 35.5. The molecule has 1 aromatic heterocycles. The summed E-state index contributed by atoms with van der Waals surface area (Å²) in [6.07, 6.45) is 0.910. The van der Waals surface area contributed by atoms with Crippen LogP contribution < -0.4 is 0 Å². The molecule has 35 heavy (non-hydrogen) atoms. The normalized spacial score (nSPS) is 12.0. The average Bonchev–Trinajstić information content (AvgIpc) is 3.43. The zero-order valence-electron chi connectivity index (χ0n) is 19.1. The van der Waals surface area contributed by atoms with E-state index in [-0.39, 0.29) is 0 Å². The monoisotopic (exact) mass is 467 g/mol. The molecule has 0 saturated carbocycles. The molecular formula is C33H22ClN. The van der Waals surface area contributed by atoms with Gasteiger partial charge in [0.25, 0.3) is 0 Å². The summed E-state index contributed by atoms with van der Waals surface area (Å²) in [4.78, 5) is 0. The van der Waals surface area contributed by atoms with Gasteiger partial charge in [-0.2, -0.15) is 0 Å². The van der Waals surface area contributed by atoms with E-state index in [4.69, 9.17) is 11.6 Å². The molecule has 0 radical (unpaired) electrons. The van der Waals surface area contributed by atoms with Crippen molar-refractivity contribution in [1.29, 1.82) is 0 Å². The lowest BCUT2D eigenvalue weighted by Gasteiger charge is -2.17. The molecule has 0 saturated heterocycles. The summed E-state index contributed by atoms with van der Waals surface area (Å²) in [5.74, 6) is 0. The van der Waals surface area contributed by atoms with Crippen LogP contribution in [0.5, 0.6) is 0 Å². The Labute approximate surface area is 209 Å². The third kappa shape index (κ3) is 3.24. The molecule has 6 aromatic rings. The first-order valence-electron chi connectivity index (χ1n) is 11.9. The number of fused-ring (bicyclic) bond motifs is 4. The van der Waals surface area contributed by atoms with Crippen molar-refractivity contribution in [3.63, 3.8) is 0 Å². The summed E-state index contributed by atoms with van der Waals surface area (Å²) in [7, 11) is 0. The van der Waals surface area contributed by atoms with Crippen LogP contribution in [0.25, 0.3) is 50.1 Å². The minimum absolute atomic E-state index is 0.769. The van der Waals surface area contributed by atoms with Crippen LogP contribution in [0.3, 0.4) is 0 Å². The summed E-state index contributed by atoms with van der Waals surface area (Å²) < 4.78 is 2.46. The lowest BCUT2D eigenvalue weighted by atomic mass is 9.98. The maximum Gasteiger partial charge on any atom is 0.0616 e. The number of aromatic nitrogens is 1.